The van der Waals surface area contributed by atoms with Gasteiger partial charge in [-0.1, -0.05) is 23.2 Å². The Morgan fingerprint density at radius 2 is 2.06 bits per heavy atom. The zero-order valence-corrected chi connectivity index (χ0v) is 10.3. The maximum atomic E-state index is 13.0. The predicted octanol–water partition coefficient (Wildman–Crippen LogP) is 3.17. The fourth-order valence-electron chi connectivity index (χ4n) is 1.24. The predicted molar refractivity (Wildman–Crippen MR) is 66.4 cm³/mol. The summed E-state index contributed by atoms with van der Waals surface area (Å²) in [5.41, 5.74) is -0.0709. The zero-order chi connectivity index (χ0) is 13.1. The summed E-state index contributed by atoms with van der Waals surface area (Å²) in [6, 6.07) is 4.02. The first-order chi connectivity index (χ1) is 8.56. The van der Waals surface area contributed by atoms with Crippen molar-refractivity contribution in [2.75, 3.05) is 5.32 Å². The van der Waals surface area contributed by atoms with Crippen molar-refractivity contribution in [3.05, 3.63) is 52.1 Å². The van der Waals surface area contributed by atoms with Gasteiger partial charge in [0.1, 0.15) is 16.8 Å². The molecule has 0 aliphatic heterocycles. The lowest BCUT2D eigenvalue weighted by Gasteiger charge is -2.05. The second-order valence-electron chi connectivity index (χ2n) is 3.31. The van der Waals surface area contributed by atoms with Gasteiger partial charge >= 0.3 is 0 Å². The molecular weight excluding hydrogens is 280 g/mol. The Kier molecular flexibility index (Phi) is 3.74. The van der Waals surface area contributed by atoms with Crippen molar-refractivity contribution in [3.63, 3.8) is 0 Å². The minimum atomic E-state index is -0.649. The lowest BCUT2D eigenvalue weighted by Crippen LogP contribution is -2.14. The molecule has 0 atom stereocenters. The summed E-state index contributed by atoms with van der Waals surface area (Å²) < 4.78 is 13.0. The van der Waals surface area contributed by atoms with Crippen LogP contribution < -0.4 is 5.32 Å². The van der Waals surface area contributed by atoms with Gasteiger partial charge in [-0.2, -0.15) is 0 Å². The third-order valence-corrected chi connectivity index (χ3v) is 2.55. The number of halogens is 3. The number of carbonyl (C=O) groups excluding carboxylic acids is 1. The average molecular weight is 286 g/mol. The zero-order valence-electron chi connectivity index (χ0n) is 8.82. The third kappa shape index (κ3) is 2.94. The summed E-state index contributed by atoms with van der Waals surface area (Å²) >= 11 is 11.4. The fourth-order valence-corrected chi connectivity index (χ4v) is 1.59. The molecule has 0 fully saturated rings. The van der Waals surface area contributed by atoms with E-state index < -0.39 is 11.7 Å². The SMILES string of the molecule is O=C(Nc1cc(Cl)ccn1)c1cc(F)cnc1Cl. The van der Waals surface area contributed by atoms with Gasteiger partial charge in [-0.05, 0) is 18.2 Å². The van der Waals surface area contributed by atoms with Crippen molar-refractivity contribution in [2.24, 2.45) is 0 Å². The highest BCUT2D eigenvalue weighted by atomic mass is 35.5. The average Bonchev–Trinajstić information content (AvgIpc) is 2.32. The smallest absolute Gasteiger partial charge is 0.260 e. The van der Waals surface area contributed by atoms with Gasteiger partial charge < -0.3 is 5.32 Å². The van der Waals surface area contributed by atoms with Crippen LogP contribution in [0.2, 0.25) is 10.2 Å². The number of nitrogens with one attached hydrogen (secondary N) is 1. The fraction of sp³-hybridized carbons (Fsp3) is 0. The lowest BCUT2D eigenvalue weighted by atomic mass is 10.2. The Labute approximate surface area is 112 Å². The molecule has 0 saturated heterocycles. The van der Waals surface area contributed by atoms with Gasteiger partial charge in [0.05, 0.1) is 11.8 Å². The van der Waals surface area contributed by atoms with Crippen molar-refractivity contribution in [2.45, 2.75) is 0 Å². The quantitative estimate of drug-likeness (QED) is 0.863. The summed E-state index contributed by atoms with van der Waals surface area (Å²) in [5.74, 6) is -1.02. The van der Waals surface area contributed by atoms with Crippen LogP contribution in [0.4, 0.5) is 10.2 Å². The molecule has 18 heavy (non-hydrogen) atoms. The molecule has 1 N–H and O–H groups in total. The van der Waals surface area contributed by atoms with E-state index in [0.717, 1.165) is 12.3 Å². The van der Waals surface area contributed by atoms with Gasteiger partial charge in [-0.25, -0.2) is 14.4 Å². The first kappa shape index (κ1) is 12.7. The largest absolute Gasteiger partial charge is 0.306 e. The Balaban J connectivity index is 2.24. The van der Waals surface area contributed by atoms with Crippen LogP contribution in [0.5, 0.6) is 0 Å². The summed E-state index contributed by atoms with van der Waals surface area (Å²) in [4.78, 5) is 19.2. The second kappa shape index (κ2) is 5.29. The van der Waals surface area contributed by atoms with Gasteiger partial charge in [-0.15, -0.1) is 0 Å². The number of rotatable bonds is 2. The van der Waals surface area contributed by atoms with Crippen LogP contribution in [-0.2, 0) is 0 Å². The molecule has 1 amide bonds. The van der Waals surface area contributed by atoms with E-state index in [1.807, 2.05) is 0 Å². The van der Waals surface area contributed by atoms with Gasteiger partial charge in [0, 0.05) is 11.2 Å². The summed E-state index contributed by atoms with van der Waals surface area (Å²) in [6.07, 6.45) is 2.36. The van der Waals surface area contributed by atoms with Crippen molar-refractivity contribution < 1.29 is 9.18 Å². The molecule has 0 unspecified atom stereocenters. The molecule has 2 heterocycles. The van der Waals surface area contributed by atoms with E-state index in [1.165, 1.54) is 12.3 Å². The van der Waals surface area contributed by atoms with E-state index >= 15 is 0 Å². The number of amides is 1. The van der Waals surface area contributed by atoms with Crippen LogP contribution >= 0.6 is 23.2 Å². The maximum Gasteiger partial charge on any atom is 0.260 e. The van der Waals surface area contributed by atoms with Gasteiger partial charge in [0.25, 0.3) is 5.91 Å². The number of anilines is 1. The second-order valence-corrected chi connectivity index (χ2v) is 4.10. The standard InChI is InChI=1S/C11H6Cl2FN3O/c12-6-1-2-15-9(3-6)17-11(18)8-4-7(14)5-16-10(8)13/h1-5H,(H,15,17,18). The summed E-state index contributed by atoms with van der Waals surface area (Å²) in [5, 5.41) is 2.77. The molecule has 0 saturated carbocycles. The number of carbonyl (C=O) groups is 1. The molecule has 4 nitrogen and oxygen atoms in total. The van der Waals surface area contributed by atoms with E-state index in [2.05, 4.69) is 15.3 Å². The molecule has 2 aromatic rings. The summed E-state index contributed by atoms with van der Waals surface area (Å²) in [7, 11) is 0. The van der Waals surface area contributed by atoms with E-state index in [9.17, 15) is 9.18 Å². The number of nitrogens with zero attached hydrogens (tertiary/aromatic N) is 2. The van der Waals surface area contributed by atoms with Gasteiger partial charge in [0.2, 0.25) is 0 Å². The van der Waals surface area contributed by atoms with Crippen LogP contribution in [0.1, 0.15) is 10.4 Å². The highest BCUT2D eigenvalue weighted by Crippen LogP contribution is 2.17. The molecule has 0 aliphatic carbocycles. The molecular formula is C11H6Cl2FN3O. The lowest BCUT2D eigenvalue weighted by molar-refractivity contribution is 0.102. The Morgan fingerprint density at radius 3 is 2.78 bits per heavy atom. The Bertz CT molecular complexity index is 607. The molecule has 0 radical (unpaired) electrons. The number of aromatic nitrogens is 2. The molecule has 92 valence electrons. The van der Waals surface area contributed by atoms with Crippen LogP contribution in [0.15, 0.2) is 30.6 Å². The van der Waals surface area contributed by atoms with E-state index in [4.69, 9.17) is 23.2 Å². The minimum Gasteiger partial charge on any atom is -0.306 e. The van der Waals surface area contributed by atoms with Gasteiger partial charge in [-0.3, -0.25) is 4.79 Å². The molecule has 2 aromatic heterocycles. The van der Waals surface area contributed by atoms with Crippen molar-refractivity contribution >= 4 is 34.9 Å². The van der Waals surface area contributed by atoms with Crippen LogP contribution in [0, 0.1) is 5.82 Å². The first-order valence-corrected chi connectivity index (χ1v) is 5.56. The number of pyridine rings is 2. The van der Waals surface area contributed by atoms with Crippen LogP contribution in [0.3, 0.4) is 0 Å². The van der Waals surface area contributed by atoms with Gasteiger partial charge in [0.15, 0.2) is 0 Å². The molecule has 0 spiro atoms. The van der Waals surface area contributed by atoms with Crippen molar-refractivity contribution in [1.82, 2.24) is 9.97 Å². The van der Waals surface area contributed by atoms with E-state index in [-0.39, 0.29) is 16.5 Å². The van der Waals surface area contributed by atoms with E-state index in [0.29, 0.717) is 5.02 Å². The number of hydrogen-bond acceptors (Lipinski definition) is 3. The minimum absolute atomic E-state index is 0.0709. The van der Waals surface area contributed by atoms with E-state index in [1.54, 1.807) is 6.07 Å². The molecule has 7 heteroatoms. The van der Waals surface area contributed by atoms with Crippen LogP contribution in [0.25, 0.3) is 0 Å². The maximum absolute atomic E-state index is 13.0. The normalized spacial score (nSPS) is 10.2. The van der Waals surface area contributed by atoms with Crippen molar-refractivity contribution in [1.29, 1.82) is 0 Å². The summed E-state index contributed by atoms with van der Waals surface area (Å²) in [6.45, 7) is 0. The molecule has 0 bridgehead atoms. The monoisotopic (exact) mass is 285 g/mol. The molecule has 0 aliphatic rings. The first-order valence-electron chi connectivity index (χ1n) is 4.80. The highest BCUT2D eigenvalue weighted by molar-refractivity contribution is 6.33. The van der Waals surface area contributed by atoms with Crippen LogP contribution in [-0.4, -0.2) is 15.9 Å². The number of hydrogen-bond donors (Lipinski definition) is 1. The highest BCUT2D eigenvalue weighted by Gasteiger charge is 2.13. The third-order valence-electron chi connectivity index (χ3n) is 2.01. The van der Waals surface area contributed by atoms with Crippen molar-refractivity contribution in [3.8, 4) is 0 Å². The molecule has 2 rings (SSSR count). The topological polar surface area (TPSA) is 54.9 Å². The Hall–Kier alpha value is -1.72. The Morgan fingerprint density at radius 1 is 1.28 bits per heavy atom. The molecule has 0 aromatic carbocycles.